The number of methoxy groups -OCH3 is 1. The second-order valence-corrected chi connectivity index (χ2v) is 17.0. The number of aliphatic hydroxyl groups excluding tert-OH is 1. The zero-order valence-corrected chi connectivity index (χ0v) is 36.6. The molecule has 0 aromatic heterocycles. The minimum Gasteiger partial charge on any atom is -0.462 e. The van der Waals surface area contributed by atoms with E-state index in [2.05, 4.69) is 0 Å². The van der Waals surface area contributed by atoms with Crippen molar-refractivity contribution >= 4 is 30.0 Å². The van der Waals surface area contributed by atoms with Gasteiger partial charge in [0.05, 0.1) is 30.8 Å². The monoisotopic (exact) mass is 839 g/mol. The van der Waals surface area contributed by atoms with Gasteiger partial charge in [-0.25, -0.2) is 0 Å². The highest BCUT2D eigenvalue weighted by Crippen LogP contribution is 2.37. The molecule has 0 radical (unpaired) electrons. The van der Waals surface area contributed by atoms with E-state index in [4.69, 9.17) is 37.9 Å². The maximum atomic E-state index is 13.3. The van der Waals surface area contributed by atoms with Gasteiger partial charge in [0.2, 0.25) is 0 Å². The maximum absolute atomic E-state index is 13.3. The summed E-state index contributed by atoms with van der Waals surface area (Å²) in [5.41, 5.74) is -1.51. The average Bonchev–Trinajstić information content (AvgIpc) is 3.13. The third-order valence-corrected chi connectivity index (χ3v) is 11.0. The maximum Gasteiger partial charge on any atom is 0.309 e. The molecule has 0 bridgehead atoms. The lowest BCUT2D eigenvalue weighted by atomic mass is 9.83. The van der Waals surface area contributed by atoms with Crippen LogP contribution in [0.4, 0.5) is 0 Å². The molecule has 3 aliphatic heterocycles. The standard InChI is InChI=1S/C43H69NO15/c1-12-32(47)56-31-22-34(49)53-26(5)16-14-13-15-17-30(46)25(4)21-29(18-19-45)39(40(31)52-11)59-42-37(50)36(44(9)10)38(27(6)55-42)58-35-23-43(8,51)41(28(7)54-35)57-33(48)20-24(2)3/h13-15,17,19,24-29,31,35-42,50-51H,12,16,18,20-23H2,1-11H3/b14-13+,17-15+/t25-,26+,27-,28-,29+,31-,35+,36-,37-,38-,39+,40+,41-,42-,43+/m1/s1. The number of carbonyl (C=O) groups is 5. The van der Waals surface area contributed by atoms with E-state index < -0.39 is 115 Å². The molecule has 0 amide bonds. The van der Waals surface area contributed by atoms with Gasteiger partial charge in [-0.2, -0.15) is 0 Å². The van der Waals surface area contributed by atoms with Crippen LogP contribution in [-0.2, 0) is 61.9 Å². The molecule has 59 heavy (non-hydrogen) atoms. The minimum absolute atomic E-state index is 0.0128. The fourth-order valence-electron chi connectivity index (χ4n) is 8.02. The molecule has 2 N–H and O–H groups in total. The zero-order chi connectivity index (χ0) is 44.2. The van der Waals surface area contributed by atoms with Crippen LogP contribution in [0.25, 0.3) is 0 Å². The number of allylic oxidation sites excluding steroid dienone is 3. The van der Waals surface area contributed by atoms with Crippen molar-refractivity contribution in [3.63, 3.8) is 0 Å². The highest BCUT2D eigenvalue weighted by Gasteiger charge is 2.53. The largest absolute Gasteiger partial charge is 0.462 e. The number of cyclic esters (lactones) is 1. The Hall–Kier alpha value is -3.09. The predicted molar refractivity (Wildman–Crippen MR) is 213 cm³/mol. The van der Waals surface area contributed by atoms with Crippen molar-refractivity contribution in [2.75, 3.05) is 21.2 Å². The predicted octanol–water partition coefficient (Wildman–Crippen LogP) is 3.61. The van der Waals surface area contributed by atoms with Crippen LogP contribution in [0.2, 0.25) is 0 Å². The molecule has 336 valence electrons. The molecule has 0 aliphatic carbocycles. The highest BCUT2D eigenvalue weighted by molar-refractivity contribution is 5.91. The van der Waals surface area contributed by atoms with Gasteiger partial charge in [0, 0.05) is 45.1 Å². The van der Waals surface area contributed by atoms with Crippen molar-refractivity contribution in [3.05, 3.63) is 24.3 Å². The van der Waals surface area contributed by atoms with Crippen LogP contribution in [0, 0.1) is 17.8 Å². The van der Waals surface area contributed by atoms with Gasteiger partial charge in [-0.3, -0.25) is 19.2 Å². The Morgan fingerprint density at radius 3 is 2.29 bits per heavy atom. The second kappa shape index (κ2) is 23.2. The molecule has 3 rings (SSSR count). The number of ether oxygens (including phenoxy) is 8. The molecule has 2 fully saturated rings. The van der Waals surface area contributed by atoms with Crippen LogP contribution >= 0.6 is 0 Å². The van der Waals surface area contributed by atoms with E-state index in [0.29, 0.717) is 12.7 Å². The average molecular weight is 840 g/mol. The number of hydrogen-bond acceptors (Lipinski definition) is 16. The van der Waals surface area contributed by atoms with E-state index in [1.165, 1.54) is 13.2 Å². The van der Waals surface area contributed by atoms with Crippen LogP contribution in [0.15, 0.2) is 24.3 Å². The van der Waals surface area contributed by atoms with Gasteiger partial charge in [-0.15, -0.1) is 0 Å². The molecule has 0 unspecified atom stereocenters. The number of ketones is 1. The lowest BCUT2D eigenvalue weighted by molar-refractivity contribution is -0.344. The fourth-order valence-corrected chi connectivity index (χ4v) is 8.02. The molecule has 2 saturated heterocycles. The molecule has 16 heteroatoms. The van der Waals surface area contributed by atoms with Gasteiger partial charge in [0.25, 0.3) is 0 Å². The first-order chi connectivity index (χ1) is 27.7. The summed E-state index contributed by atoms with van der Waals surface area (Å²) < 4.78 is 48.7. The van der Waals surface area contributed by atoms with Crippen molar-refractivity contribution in [1.29, 1.82) is 0 Å². The van der Waals surface area contributed by atoms with Crippen molar-refractivity contribution in [1.82, 2.24) is 4.90 Å². The SMILES string of the molecule is CCC(=O)O[C@@H]1CC(=O)O[C@@H](C)C/C=C/C=C/C(=O)[C@H](C)C[C@H](CC=O)[C@H](O[C@H]2O[C@H](C)[C@@H](O[C@H]3C[C@](C)(O)[C@H](OC(=O)CC(C)C)[C@@H](C)O3)[C@H](N(C)C)[C@H]2O)[C@H]1OC. The molecule has 15 atom stereocenters. The Bertz CT molecular complexity index is 1450. The number of rotatable bonds is 13. The number of likely N-dealkylation sites (N-methyl/N-ethyl adjacent to an activating group) is 1. The van der Waals surface area contributed by atoms with Gasteiger partial charge in [-0.05, 0) is 66.1 Å². The first-order valence-electron chi connectivity index (χ1n) is 20.8. The highest BCUT2D eigenvalue weighted by atomic mass is 16.7. The summed E-state index contributed by atoms with van der Waals surface area (Å²) in [6.45, 7) is 13.8. The first-order valence-corrected chi connectivity index (χ1v) is 20.8. The van der Waals surface area contributed by atoms with Crippen LogP contribution in [0.5, 0.6) is 0 Å². The number of esters is 3. The summed E-state index contributed by atoms with van der Waals surface area (Å²) in [6.07, 6.45) is -4.00. The van der Waals surface area contributed by atoms with Gasteiger partial charge < -0.3 is 57.8 Å². The lowest BCUT2D eigenvalue weighted by Crippen LogP contribution is -2.66. The zero-order valence-electron chi connectivity index (χ0n) is 36.6. The van der Waals surface area contributed by atoms with Crippen molar-refractivity contribution in [2.45, 2.75) is 179 Å². The second-order valence-electron chi connectivity index (χ2n) is 17.0. The number of nitrogens with zero attached hydrogens (tertiary/aromatic N) is 1. The van der Waals surface area contributed by atoms with E-state index in [0.717, 1.165) is 0 Å². The van der Waals surface area contributed by atoms with Crippen LogP contribution in [-0.4, -0.2) is 145 Å². The van der Waals surface area contributed by atoms with Crippen LogP contribution < -0.4 is 0 Å². The molecule has 0 aromatic rings. The summed E-state index contributed by atoms with van der Waals surface area (Å²) in [5.74, 6) is -3.22. The number of aldehydes is 1. The summed E-state index contributed by atoms with van der Waals surface area (Å²) in [6, 6.07) is -0.796. The summed E-state index contributed by atoms with van der Waals surface area (Å²) in [5, 5.41) is 23.6. The Balaban J connectivity index is 2.00. The molecule has 3 aliphatic rings. The van der Waals surface area contributed by atoms with Gasteiger partial charge in [0.15, 0.2) is 24.5 Å². The van der Waals surface area contributed by atoms with Gasteiger partial charge >= 0.3 is 17.9 Å². The van der Waals surface area contributed by atoms with E-state index in [-0.39, 0.29) is 43.8 Å². The number of aliphatic hydroxyl groups is 2. The van der Waals surface area contributed by atoms with E-state index in [9.17, 15) is 34.2 Å². The fraction of sp³-hybridized carbons (Fsp3) is 0.791. The Labute approximate surface area is 349 Å². The minimum atomic E-state index is -1.51. The summed E-state index contributed by atoms with van der Waals surface area (Å²) >= 11 is 0. The molecule has 0 saturated carbocycles. The third kappa shape index (κ3) is 14.5. The van der Waals surface area contributed by atoms with Crippen molar-refractivity contribution in [2.24, 2.45) is 17.8 Å². The topological polar surface area (TPSA) is 203 Å². The van der Waals surface area contributed by atoms with E-state index in [1.807, 2.05) is 13.8 Å². The molecule has 3 heterocycles. The molecular weight excluding hydrogens is 770 g/mol. The van der Waals surface area contributed by atoms with Gasteiger partial charge in [-0.1, -0.05) is 45.9 Å². The van der Waals surface area contributed by atoms with Crippen molar-refractivity contribution < 1.29 is 72.1 Å². The Kier molecular flexibility index (Phi) is 19.8. The lowest BCUT2D eigenvalue weighted by Gasteiger charge is -2.50. The molecule has 16 nitrogen and oxygen atoms in total. The Morgan fingerprint density at radius 1 is 1.00 bits per heavy atom. The van der Waals surface area contributed by atoms with E-state index in [1.54, 1.807) is 78.8 Å². The smallest absolute Gasteiger partial charge is 0.309 e. The summed E-state index contributed by atoms with van der Waals surface area (Å²) in [7, 11) is 4.84. The normalized spacial score (nSPS) is 39.0. The first kappa shape index (κ1) is 50.3. The Morgan fingerprint density at radius 2 is 1.69 bits per heavy atom. The molecule has 0 spiro atoms. The van der Waals surface area contributed by atoms with Crippen molar-refractivity contribution in [3.8, 4) is 0 Å². The number of carbonyl (C=O) groups excluding carboxylic acids is 5. The molecule has 0 aromatic carbocycles. The quantitative estimate of drug-likeness (QED) is 0.155. The van der Waals surface area contributed by atoms with Crippen LogP contribution in [0.3, 0.4) is 0 Å². The van der Waals surface area contributed by atoms with Crippen LogP contribution in [0.1, 0.15) is 100 Å². The number of hydrogen-bond donors (Lipinski definition) is 2. The summed E-state index contributed by atoms with van der Waals surface area (Å²) in [4.78, 5) is 66.0. The van der Waals surface area contributed by atoms with E-state index >= 15 is 0 Å². The third-order valence-electron chi connectivity index (χ3n) is 11.0. The molecular formula is C43H69NO15. The van der Waals surface area contributed by atoms with Gasteiger partial charge in [0.1, 0.15) is 42.4 Å².